The van der Waals surface area contributed by atoms with Crippen LogP contribution in [0.1, 0.15) is 46.4 Å². The lowest BCUT2D eigenvalue weighted by molar-refractivity contribution is 0.0527. The Balaban J connectivity index is 2.32. The van der Waals surface area contributed by atoms with E-state index < -0.39 is 11.9 Å². The molecule has 0 saturated carbocycles. The number of hydrogen-bond acceptors (Lipinski definition) is 7. The minimum Gasteiger partial charge on any atom is -0.462 e. The van der Waals surface area contributed by atoms with E-state index in [1.165, 1.54) is 0 Å². The molecule has 1 unspecified atom stereocenters. The number of amides is 2. The first-order chi connectivity index (χ1) is 12.4. The van der Waals surface area contributed by atoms with Gasteiger partial charge in [-0.25, -0.2) is 14.4 Å². The molecule has 9 heteroatoms. The fraction of sp³-hybridized carbons (Fsp3) is 0.588. The third kappa shape index (κ3) is 4.50. The van der Waals surface area contributed by atoms with Crippen molar-refractivity contribution in [3.8, 4) is 0 Å². The van der Waals surface area contributed by atoms with Crippen LogP contribution in [0.25, 0.3) is 0 Å². The van der Waals surface area contributed by atoms with Crippen molar-refractivity contribution < 1.29 is 23.9 Å². The molecule has 2 rings (SSSR count). The molecule has 1 aromatic heterocycles. The van der Waals surface area contributed by atoms with Crippen molar-refractivity contribution in [2.75, 3.05) is 36.6 Å². The van der Waals surface area contributed by atoms with E-state index in [2.05, 4.69) is 5.32 Å². The van der Waals surface area contributed by atoms with Crippen LogP contribution in [0.2, 0.25) is 0 Å². The maximum atomic E-state index is 12.7. The van der Waals surface area contributed by atoms with E-state index in [9.17, 15) is 14.4 Å². The predicted octanol–water partition coefficient (Wildman–Crippen LogP) is 3.38. The molecule has 0 aliphatic carbocycles. The number of thiophene rings is 1. The summed E-state index contributed by atoms with van der Waals surface area (Å²) in [5, 5.41) is 3.11. The fourth-order valence-electron chi connectivity index (χ4n) is 2.64. The third-order valence-electron chi connectivity index (χ3n) is 3.94. The van der Waals surface area contributed by atoms with E-state index >= 15 is 0 Å². The van der Waals surface area contributed by atoms with Gasteiger partial charge in [0.25, 0.3) is 0 Å². The quantitative estimate of drug-likeness (QED) is 0.763. The molecule has 0 spiro atoms. The number of ether oxygens (including phenoxy) is 2. The molecule has 26 heavy (non-hydrogen) atoms. The molecule has 1 aliphatic rings. The minimum absolute atomic E-state index is 0.102. The number of nitrogens with one attached hydrogen (secondary N) is 1. The molecule has 1 N–H and O–H groups in total. The van der Waals surface area contributed by atoms with Crippen LogP contribution in [-0.2, 0) is 9.47 Å². The SMILES string of the molecule is CCOC(=O)c1sc(NC(=O)N2CCSCC2C)c(C(=O)OCC)c1C. The molecule has 0 bridgehead atoms. The van der Waals surface area contributed by atoms with Crippen molar-refractivity contribution in [1.29, 1.82) is 0 Å². The Labute approximate surface area is 161 Å². The van der Waals surface area contributed by atoms with Crippen LogP contribution < -0.4 is 5.32 Å². The van der Waals surface area contributed by atoms with Crippen LogP contribution in [0, 0.1) is 6.92 Å². The highest BCUT2D eigenvalue weighted by molar-refractivity contribution is 7.99. The zero-order chi connectivity index (χ0) is 19.3. The maximum Gasteiger partial charge on any atom is 0.348 e. The Morgan fingerprint density at radius 1 is 1.19 bits per heavy atom. The van der Waals surface area contributed by atoms with Gasteiger partial charge < -0.3 is 14.4 Å². The van der Waals surface area contributed by atoms with Crippen molar-refractivity contribution in [2.24, 2.45) is 0 Å². The number of carbonyl (C=O) groups excluding carboxylic acids is 3. The topological polar surface area (TPSA) is 84.9 Å². The van der Waals surface area contributed by atoms with Gasteiger partial charge in [-0.05, 0) is 33.3 Å². The first-order valence-electron chi connectivity index (χ1n) is 8.53. The number of carbonyl (C=O) groups is 3. The number of thioether (sulfide) groups is 1. The summed E-state index contributed by atoms with van der Waals surface area (Å²) in [5.41, 5.74) is 0.678. The lowest BCUT2D eigenvalue weighted by atomic mass is 10.1. The van der Waals surface area contributed by atoms with Gasteiger partial charge >= 0.3 is 18.0 Å². The number of esters is 2. The molecule has 7 nitrogen and oxygen atoms in total. The average Bonchev–Trinajstić information content (AvgIpc) is 2.92. The summed E-state index contributed by atoms with van der Waals surface area (Å²) in [6.07, 6.45) is 0. The maximum absolute atomic E-state index is 12.7. The van der Waals surface area contributed by atoms with E-state index in [1.54, 1.807) is 37.4 Å². The molecular weight excluding hydrogens is 376 g/mol. The highest BCUT2D eigenvalue weighted by Crippen LogP contribution is 2.34. The summed E-state index contributed by atoms with van der Waals surface area (Å²) in [4.78, 5) is 39.2. The number of nitrogens with zero attached hydrogens (tertiary/aromatic N) is 1. The molecule has 144 valence electrons. The van der Waals surface area contributed by atoms with Gasteiger partial charge in [-0.15, -0.1) is 11.3 Å². The van der Waals surface area contributed by atoms with Gasteiger partial charge in [0.2, 0.25) is 0 Å². The van der Waals surface area contributed by atoms with Gasteiger partial charge in [0, 0.05) is 24.1 Å². The number of anilines is 1. The Kier molecular flexibility index (Phi) is 7.33. The van der Waals surface area contributed by atoms with Crippen molar-refractivity contribution in [3.05, 3.63) is 16.0 Å². The molecular formula is C17H24N2O5S2. The molecule has 0 aromatic carbocycles. The largest absolute Gasteiger partial charge is 0.462 e. The van der Waals surface area contributed by atoms with Crippen LogP contribution >= 0.6 is 23.1 Å². The van der Waals surface area contributed by atoms with Crippen molar-refractivity contribution in [2.45, 2.75) is 33.7 Å². The molecule has 0 radical (unpaired) electrons. The van der Waals surface area contributed by atoms with Gasteiger partial charge in [-0.1, -0.05) is 0 Å². The van der Waals surface area contributed by atoms with Gasteiger partial charge in [-0.3, -0.25) is 5.32 Å². The molecule has 2 heterocycles. The lowest BCUT2D eigenvalue weighted by Crippen LogP contribution is -2.46. The number of rotatable bonds is 5. The van der Waals surface area contributed by atoms with E-state index in [0.717, 1.165) is 22.8 Å². The van der Waals surface area contributed by atoms with Crippen LogP contribution in [0.15, 0.2) is 0 Å². The smallest absolute Gasteiger partial charge is 0.348 e. The Morgan fingerprint density at radius 3 is 2.46 bits per heavy atom. The van der Waals surface area contributed by atoms with Crippen molar-refractivity contribution in [1.82, 2.24) is 4.90 Å². The van der Waals surface area contributed by atoms with E-state index in [1.807, 2.05) is 6.92 Å². The first kappa shape index (κ1) is 20.6. The Morgan fingerprint density at radius 2 is 1.85 bits per heavy atom. The average molecular weight is 401 g/mol. The molecule has 1 aromatic rings. The summed E-state index contributed by atoms with van der Waals surface area (Å²) in [7, 11) is 0. The molecule has 2 amide bonds. The second-order valence-corrected chi connectivity index (χ2v) is 7.92. The Bertz CT molecular complexity index is 689. The van der Waals surface area contributed by atoms with Crippen molar-refractivity contribution in [3.63, 3.8) is 0 Å². The van der Waals surface area contributed by atoms with Gasteiger partial charge in [0.15, 0.2) is 0 Å². The second kappa shape index (κ2) is 9.27. The first-order valence-corrected chi connectivity index (χ1v) is 10.5. The van der Waals surface area contributed by atoms with Crippen LogP contribution in [-0.4, -0.2) is 60.2 Å². The van der Waals surface area contributed by atoms with Gasteiger partial charge in [0.1, 0.15) is 9.88 Å². The predicted molar refractivity (Wildman–Crippen MR) is 103 cm³/mol. The summed E-state index contributed by atoms with van der Waals surface area (Å²) in [6.45, 7) is 8.14. The normalized spacial score (nSPS) is 16.9. The third-order valence-corrected chi connectivity index (χ3v) is 6.31. The standard InChI is InChI=1S/C17H24N2O5S2/c1-5-23-15(20)12-11(4)13(16(21)24-6-2)26-14(12)18-17(22)19-7-8-25-9-10(19)3/h10H,5-9H2,1-4H3,(H,18,22). The van der Waals surface area contributed by atoms with Crippen LogP contribution in [0.3, 0.4) is 0 Å². The number of hydrogen-bond donors (Lipinski definition) is 1. The fourth-order valence-corrected chi connectivity index (χ4v) is 4.73. The zero-order valence-corrected chi connectivity index (χ0v) is 17.1. The minimum atomic E-state index is -0.561. The van der Waals surface area contributed by atoms with E-state index in [-0.39, 0.29) is 30.9 Å². The van der Waals surface area contributed by atoms with Crippen LogP contribution in [0.4, 0.5) is 9.80 Å². The van der Waals surface area contributed by atoms with E-state index in [4.69, 9.17) is 9.47 Å². The summed E-state index contributed by atoms with van der Waals surface area (Å²) in [5.74, 6) is 0.675. The lowest BCUT2D eigenvalue weighted by Gasteiger charge is -2.32. The summed E-state index contributed by atoms with van der Waals surface area (Å²) >= 11 is 2.85. The van der Waals surface area contributed by atoms with Crippen LogP contribution in [0.5, 0.6) is 0 Å². The summed E-state index contributed by atoms with van der Waals surface area (Å²) in [6, 6.07) is -0.176. The Hall–Kier alpha value is -1.74. The van der Waals surface area contributed by atoms with Gasteiger partial charge in [-0.2, -0.15) is 11.8 Å². The van der Waals surface area contributed by atoms with Crippen molar-refractivity contribution >= 4 is 46.1 Å². The number of urea groups is 1. The zero-order valence-electron chi connectivity index (χ0n) is 15.4. The highest BCUT2D eigenvalue weighted by atomic mass is 32.2. The highest BCUT2D eigenvalue weighted by Gasteiger charge is 2.30. The molecule has 1 atom stereocenters. The molecule has 1 fully saturated rings. The molecule has 1 saturated heterocycles. The monoisotopic (exact) mass is 400 g/mol. The van der Waals surface area contributed by atoms with Gasteiger partial charge in [0.05, 0.1) is 18.8 Å². The van der Waals surface area contributed by atoms with E-state index in [0.29, 0.717) is 22.0 Å². The second-order valence-electron chi connectivity index (χ2n) is 5.75. The molecule has 1 aliphatic heterocycles. The summed E-state index contributed by atoms with van der Waals surface area (Å²) < 4.78 is 10.1.